The minimum Gasteiger partial charge on any atom is -0.357 e. The molecule has 1 saturated heterocycles. The largest absolute Gasteiger partial charge is 0.357 e. The Labute approximate surface area is 128 Å². The van der Waals surface area contributed by atoms with Crippen LogP contribution in [0.5, 0.6) is 0 Å². The molecule has 0 bridgehead atoms. The van der Waals surface area contributed by atoms with Crippen molar-refractivity contribution in [3.05, 3.63) is 36.0 Å². The molecule has 114 valence electrons. The van der Waals surface area contributed by atoms with Crippen molar-refractivity contribution < 1.29 is 0 Å². The highest BCUT2D eigenvalue weighted by molar-refractivity contribution is 5.38. The fourth-order valence-electron chi connectivity index (χ4n) is 3.42. The minimum absolute atomic E-state index is 0.689. The van der Waals surface area contributed by atoms with E-state index >= 15 is 0 Å². The first-order valence-electron chi connectivity index (χ1n) is 8.49. The Bertz CT molecular complexity index is 447. The van der Waals surface area contributed by atoms with Gasteiger partial charge in [0.15, 0.2) is 0 Å². The van der Waals surface area contributed by atoms with Crippen molar-refractivity contribution in [3.8, 4) is 0 Å². The summed E-state index contributed by atoms with van der Waals surface area (Å²) in [6.45, 7) is 3.40. The molecule has 0 spiro atoms. The first kappa shape index (κ1) is 14.6. The van der Waals surface area contributed by atoms with Gasteiger partial charge in [0.05, 0.1) is 0 Å². The lowest BCUT2D eigenvalue weighted by atomic mass is 9.97. The van der Waals surface area contributed by atoms with Crippen LogP contribution in [-0.4, -0.2) is 30.7 Å². The summed E-state index contributed by atoms with van der Waals surface area (Å²) < 4.78 is 0. The van der Waals surface area contributed by atoms with Crippen LogP contribution in [0.2, 0.25) is 0 Å². The van der Waals surface area contributed by atoms with E-state index in [0.717, 1.165) is 25.5 Å². The molecule has 1 fully saturated rings. The van der Waals surface area contributed by atoms with E-state index in [9.17, 15) is 0 Å². The Kier molecular flexibility index (Phi) is 5.28. The molecule has 0 amide bonds. The second-order valence-corrected chi connectivity index (χ2v) is 6.26. The summed E-state index contributed by atoms with van der Waals surface area (Å²) in [7, 11) is 0. The van der Waals surface area contributed by atoms with Gasteiger partial charge in [-0.1, -0.05) is 17.7 Å². The summed E-state index contributed by atoms with van der Waals surface area (Å²) in [4.78, 5) is 6.85. The number of nitrogens with zero attached hydrogens (tertiary/aromatic N) is 2. The van der Waals surface area contributed by atoms with Crippen molar-refractivity contribution in [2.24, 2.45) is 0 Å². The van der Waals surface area contributed by atoms with Gasteiger partial charge in [-0.05, 0) is 63.6 Å². The van der Waals surface area contributed by atoms with Crippen LogP contribution < -0.4 is 10.2 Å². The molecule has 3 rings (SSSR count). The van der Waals surface area contributed by atoms with Gasteiger partial charge in [-0.25, -0.2) is 4.98 Å². The van der Waals surface area contributed by atoms with Crippen molar-refractivity contribution in [2.45, 2.75) is 51.0 Å². The molecular weight excluding hydrogens is 258 g/mol. The normalized spacial score (nSPS) is 20.4. The lowest BCUT2D eigenvalue weighted by Gasteiger charge is -2.33. The van der Waals surface area contributed by atoms with Gasteiger partial charge in [0, 0.05) is 25.3 Å². The van der Waals surface area contributed by atoms with Crippen LogP contribution in [0.25, 0.3) is 0 Å². The van der Waals surface area contributed by atoms with Crippen molar-refractivity contribution >= 4 is 5.82 Å². The molecule has 3 heteroatoms. The average Bonchev–Trinajstić information content (AvgIpc) is 2.57. The summed E-state index contributed by atoms with van der Waals surface area (Å²) in [5.41, 5.74) is 1.68. The van der Waals surface area contributed by atoms with Gasteiger partial charge in [-0.15, -0.1) is 0 Å². The zero-order chi connectivity index (χ0) is 14.3. The number of allylic oxidation sites excluding steroid dienone is 1. The molecule has 3 nitrogen and oxygen atoms in total. The molecule has 2 heterocycles. The number of hydrogen-bond acceptors (Lipinski definition) is 3. The zero-order valence-corrected chi connectivity index (χ0v) is 12.9. The molecule has 21 heavy (non-hydrogen) atoms. The summed E-state index contributed by atoms with van der Waals surface area (Å²) in [6.07, 6.45) is 13.5. The molecule has 1 aliphatic heterocycles. The van der Waals surface area contributed by atoms with Crippen LogP contribution in [0.3, 0.4) is 0 Å². The number of anilines is 1. The summed E-state index contributed by atoms with van der Waals surface area (Å²) in [5, 5.41) is 3.75. The molecule has 0 radical (unpaired) electrons. The lowest BCUT2D eigenvalue weighted by molar-refractivity contribution is 0.414. The van der Waals surface area contributed by atoms with Gasteiger partial charge >= 0.3 is 0 Å². The maximum atomic E-state index is 4.45. The monoisotopic (exact) mass is 285 g/mol. The van der Waals surface area contributed by atoms with E-state index in [1.165, 1.54) is 44.9 Å². The third-order valence-corrected chi connectivity index (χ3v) is 4.73. The maximum Gasteiger partial charge on any atom is 0.128 e. The number of hydrogen-bond donors (Lipinski definition) is 1. The highest BCUT2D eigenvalue weighted by atomic mass is 15.2. The minimum atomic E-state index is 0.689. The van der Waals surface area contributed by atoms with Gasteiger partial charge in [-0.3, -0.25) is 0 Å². The van der Waals surface area contributed by atoms with Crippen molar-refractivity contribution in [3.63, 3.8) is 0 Å². The number of nitrogens with one attached hydrogen (secondary N) is 1. The fourth-order valence-corrected chi connectivity index (χ4v) is 3.42. The number of aromatic nitrogens is 1. The highest BCUT2D eigenvalue weighted by Crippen LogP contribution is 2.20. The fraction of sp³-hybridized carbons (Fsp3) is 0.611. The molecule has 1 aliphatic carbocycles. The van der Waals surface area contributed by atoms with Crippen molar-refractivity contribution in [1.82, 2.24) is 10.3 Å². The third-order valence-electron chi connectivity index (χ3n) is 4.73. The number of pyridine rings is 1. The van der Waals surface area contributed by atoms with Crippen molar-refractivity contribution in [2.75, 3.05) is 24.5 Å². The Morgan fingerprint density at radius 2 is 2.10 bits per heavy atom. The van der Waals surface area contributed by atoms with E-state index in [1.807, 2.05) is 12.3 Å². The highest BCUT2D eigenvalue weighted by Gasteiger charge is 2.19. The van der Waals surface area contributed by atoms with E-state index in [4.69, 9.17) is 0 Å². The Hall–Kier alpha value is -1.35. The molecule has 0 atom stereocenters. The topological polar surface area (TPSA) is 28.2 Å². The summed E-state index contributed by atoms with van der Waals surface area (Å²) in [5.74, 6) is 1.13. The van der Waals surface area contributed by atoms with Gasteiger partial charge in [0.25, 0.3) is 0 Å². The number of rotatable bonds is 5. The predicted molar refractivity (Wildman–Crippen MR) is 88.6 cm³/mol. The van der Waals surface area contributed by atoms with Crippen LogP contribution in [0.15, 0.2) is 36.0 Å². The zero-order valence-electron chi connectivity index (χ0n) is 12.9. The smallest absolute Gasteiger partial charge is 0.128 e. The van der Waals surface area contributed by atoms with Gasteiger partial charge in [-0.2, -0.15) is 0 Å². The average molecular weight is 285 g/mol. The standard InChI is InChI=1S/C18H27N3/c1-2-6-16(7-3-1)9-13-19-17-10-14-21(15-11-17)18-8-4-5-12-20-18/h4-6,8,12,17,19H,1-3,7,9-11,13-15H2. The molecule has 1 aromatic heterocycles. The predicted octanol–water partition coefficient (Wildman–Crippen LogP) is 3.53. The van der Waals surface area contributed by atoms with Gasteiger partial charge in [0.2, 0.25) is 0 Å². The van der Waals surface area contributed by atoms with Crippen molar-refractivity contribution in [1.29, 1.82) is 0 Å². The van der Waals surface area contributed by atoms with E-state index in [0.29, 0.717) is 6.04 Å². The first-order chi connectivity index (χ1) is 10.4. The molecule has 2 aliphatic rings. The van der Waals surface area contributed by atoms with Crippen LogP contribution in [0.4, 0.5) is 5.82 Å². The van der Waals surface area contributed by atoms with E-state index in [1.54, 1.807) is 5.57 Å². The van der Waals surface area contributed by atoms with Gasteiger partial charge < -0.3 is 10.2 Å². The second-order valence-electron chi connectivity index (χ2n) is 6.26. The molecular formula is C18H27N3. The molecule has 0 unspecified atom stereocenters. The van der Waals surface area contributed by atoms with Gasteiger partial charge in [0.1, 0.15) is 5.82 Å². The Morgan fingerprint density at radius 1 is 1.19 bits per heavy atom. The number of piperidine rings is 1. The quantitative estimate of drug-likeness (QED) is 0.839. The molecule has 1 N–H and O–H groups in total. The van der Waals surface area contributed by atoms with Crippen LogP contribution in [0.1, 0.15) is 44.9 Å². The van der Waals surface area contributed by atoms with E-state index in [2.05, 4.69) is 33.4 Å². The second kappa shape index (κ2) is 7.60. The lowest BCUT2D eigenvalue weighted by Crippen LogP contribution is -2.43. The summed E-state index contributed by atoms with van der Waals surface area (Å²) in [6, 6.07) is 6.86. The maximum absolute atomic E-state index is 4.45. The Morgan fingerprint density at radius 3 is 2.81 bits per heavy atom. The van der Waals surface area contributed by atoms with E-state index in [-0.39, 0.29) is 0 Å². The molecule has 0 aromatic carbocycles. The SMILES string of the molecule is C1=C(CCNC2CCN(c3ccccn3)CC2)CCCC1. The molecule has 0 saturated carbocycles. The molecule has 1 aromatic rings. The summed E-state index contributed by atoms with van der Waals surface area (Å²) >= 11 is 0. The van der Waals surface area contributed by atoms with Crippen LogP contribution >= 0.6 is 0 Å². The van der Waals surface area contributed by atoms with E-state index < -0.39 is 0 Å². The van der Waals surface area contributed by atoms with Crippen LogP contribution in [0, 0.1) is 0 Å². The Balaban J connectivity index is 1.37. The van der Waals surface area contributed by atoms with Crippen LogP contribution in [-0.2, 0) is 0 Å². The first-order valence-corrected chi connectivity index (χ1v) is 8.49. The third kappa shape index (κ3) is 4.31.